The third-order valence-corrected chi connectivity index (χ3v) is 7.90. The highest BCUT2D eigenvalue weighted by molar-refractivity contribution is 7.98. The molecule has 33 heavy (non-hydrogen) atoms. The molecular formula is C22H24N4O5S2. The first-order chi connectivity index (χ1) is 15.9. The van der Waals surface area contributed by atoms with Crippen molar-refractivity contribution in [1.29, 1.82) is 0 Å². The van der Waals surface area contributed by atoms with Crippen molar-refractivity contribution >= 4 is 39.2 Å². The van der Waals surface area contributed by atoms with Gasteiger partial charge in [0.1, 0.15) is 0 Å². The average molecular weight is 489 g/mol. The van der Waals surface area contributed by atoms with E-state index in [0.717, 1.165) is 5.56 Å². The fourth-order valence-corrected chi connectivity index (χ4v) is 5.74. The third kappa shape index (κ3) is 5.21. The predicted molar refractivity (Wildman–Crippen MR) is 124 cm³/mol. The summed E-state index contributed by atoms with van der Waals surface area (Å²) in [6.07, 6.45) is 3.67. The first-order valence-electron chi connectivity index (χ1n) is 10.4. The molecule has 0 unspecified atom stereocenters. The Labute approximate surface area is 196 Å². The Morgan fingerprint density at radius 2 is 1.73 bits per heavy atom. The van der Waals surface area contributed by atoms with Gasteiger partial charge in [0.05, 0.1) is 11.3 Å². The number of esters is 1. The summed E-state index contributed by atoms with van der Waals surface area (Å²) in [5, 5.41) is 0.650. The highest BCUT2D eigenvalue weighted by atomic mass is 32.2. The van der Waals surface area contributed by atoms with E-state index in [4.69, 9.17) is 4.74 Å². The van der Waals surface area contributed by atoms with E-state index in [1.807, 2.05) is 18.4 Å². The molecule has 0 spiro atoms. The van der Waals surface area contributed by atoms with E-state index in [9.17, 15) is 18.0 Å². The summed E-state index contributed by atoms with van der Waals surface area (Å²) in [4.78, 5) is 31.0. The smallest absolute Gasteiger partial charge is 0.359 e. The van der Waals surface area contributed by atoms with Crippen molar-refractivity contribution in [3.63, 3.8) is 0 Å². The molecule has 0 aliphatic carbocycles. The molecule has 2 aromatic heterocycles. The van der Waals surface area contributed by atoms with Gasteiger partial charge in [-0.2, -0.15) is 4.31 Å². The molecule has 1 aliphatic rings. The normalized spacial score (nSPS) is 15.0. The summed E-state index contributed by atoms with van der Waals surface area (Å²) in [5.41, 5.74) is 1.49. The summed E-state index contributed by atoms with van der Waals surface area (Å²) in [7, 11) is -3.47. The number of pyridine rings is 1. The van der Waals surface area contributed by atoms with Crippen LogP contribution in [0.2, 0.25) is 0 Å². The minimum absolute atomic E-state index is 0.0734. The van der Waals surface area contributed by atoms with Crippen LogP contribution in [0.4, 0.5) is 0 Å². The van der Waals surface area contributed by atoms with Crippen molar-refractivity contribution in [3.8, 4) is 0 Å². The van der Waals surface area contributed by atoms with E-state index in [1.165, 1.54) is 21.0 Å². The Bertz CT molecular complexity index is 1250. The topological polar surface area (TPSA) is 101 Å². The number of hydrogen-bond donors (Lipinski definition) is 0. The lowest BCUT2D eigenvalue weighted by atomic mass is 10.2. The average Bonchev–Trinajstić information content (AvgIpc) is 3.22. The van der Waals surface area contributed by atoms with E-state index < -0.39 is 22.6 Å². The lowest BCUT2D eigenvalue weighted by Crippen LogP contribution is -2.51. The van der Waals surface area contributed by atoms with Gasteiger partial charge in [0.25, 0.3) is 5.91 Å². The molecule has 174 valence electrons. The molecule has 9 nitrogen and oxygen atoms in total. The molecule has 4 rings (SSSR count). The minimum atomic E-state index is -3.47. The fourth-order valence-electron chi connectivity index (χ4n) is 3.68. The summed E-state index contributed by atoms with van der Waals surface area (Å²) in [6.45, 7) is 0.480. The molecule has 0 N–H and O–H groups in total. The van der Waals surface area contributed by atoms with Gasteiger partial charge in [-0.25, -0.2) is 18.2 Å². The third-order valence-electron chi connectivity index (χ3n) is 5.40. The molecule has 3 aromatic rings. The Morgan fingerprint density at radius 1 is 1.03 bits per heavy atom. The Kier molecular flexibility index (Phi) is 7.01. The Balaban J connectivity index is 1.31. The quantitative estimate of drug-likeness (QED) is 0.370. The molecule has 3 heterocycles. The van der Waals surface area contributed by atoms with E-state index in [1.54, 1.807) is 47.0 Å². The maximum Gasteiger partial charge on any atom is 0.359 e. The summed E-state index contributed by atoms with van der Waals surface area (Å²) < 4.78 is 33.8. The van der Waals surface area contributed by atoms with Crippen LogP contribution in [0, 0.1) is 0 Å². The van der Waals surface area contributed by atoms with Gasteiger partial charge in [-0.05, 0) is 24.0 Å². The molecular weight excluding hydrogens is 464 g/mol. The van der Waals surface area contributed by atoms with Crippen LogP contribution in [0.25, 0.3) is 5.52 Å². The number of ether oxygens (including phenoxy) is 1. The van der Waals surface area contributed by atoms with Gasteiger partial charge in [-0.3, -0.25) is 9.20 Å². The van der Waals surface area contributed by atoms with Crippen molar-refractivity contribution < 1.29 is 22.7 Å². The molecule has 11 heteroatoms. The molecule has 0 radical (unpaired) electrons. The number of amides is 1. The summed E-state index contributed by atoms with van der Waals surface area (Å²) in [5.74, 6) is -1.11. The van der Waals surface area contributed by atoms with Crippen LogP contribution < -0.4 is 0 Å². The highest BCUT2D eigenvalue weighted by Crippen LogP contribution is 2.20. The Hall–Kier alpha value is -2.89. The molecule has 1 aromatic carbocycles. The first kappa shape index (κ1) is 23.3. The maximum atomic E-state index is 12.7. The van der Waals surface area contributed by atoms with E-state index in [0.29, 0.717) is 10.7 Å². The number of carbonyl (C=O) groups excluding carboxylic acids is 2. The van der Waals surface area contributed by atoms with Crippen LogP contribution in [0.5, 0.6) is 0 Å². The SMILES string of the molecule is CSc1nc(C(=O)OCC(=O)N2CCN(S(=O)(=O)Cc3ccccc3)CC2)c2ccccn12. The fraction of sp³-hybridized carbons (Fsp3) is 0.318. The summed E-state index contributed by atoms with van der Waals surface area (Å²) in [6, 6.07) is 14.4. The van der Waals surface area contributed by atoms with E-state index >= 15 is 0 Å². The number of sulfonamides is 1. The van der Waals surface area contributed by atoms with Crippen LogP contribution in [-0.4, -0.2) is 77.9 Å². The largest absolute Gasteiger partial charge is 0.451 e. The molecule has 1 fully saturated rings. The van der Waals surface area contributed by atoms with Crippen molar-refractivity contribution in [2.24, 2.45) is 0 Å². The van der Waals surface area contributed by atoms with Crippen molar-refractivity contribution in [3.05, 3.63) is 66.0 Å². The zero-order valence-electron chi connectivity index (χ0n) is 18.1. The van der Waals surface area contributed by atoms with Crippen LogP contribution >= 0.6 is 11.8 Å². The van der Waals surface area contributed by atoms with E-state index in [-0.39, 0.29) is 43.5 Å². The van der Waals surface area contributed by atoms with Gasteiger partial charge < -0.3 is 9.64 Å². The number of imidazole rings is 1. The van der Waals surface area contributed by atoms with Gasteiger partial charge in [0, 0.05) is 32.4 Å². The van der Waals surface area contributed by atoms with Crippen LogP contribution in [0.3, 0.4) is 0 Å². The van der Waals surface area contributed by atoms with Gasteiger partial charge in [0.2, 0.25) is 10.0 Å². The second-order valence-electron chi connectivity index (χ2n) is 7.50. The number of carbonyl (C=O) groups is 2. The van der Waals surface area contributed by atoms with E-state index in [2.05, 4.69) is 4.98 Å². The van der Waals surface area contributed by atoms with Crippen LogP contribution in [0.1, 0.15) is 16.1 Å². The molecule has 1 aliphatic heterocycles. The number of rotatable bonds is 7. The lowest BCUT2D eigenvalue weighted by molar-refractivity contribution is -0.135. The van der Waals surface area contributed by atoms with Gasteiger partial charge in [-0.15, -0.1) is 0 Å². The molecule has 0 atom stereocenters. The van der Waals surface area contributed by atoms with Crippen LogP contribution in [0.15, 0.2) is 59.9 Å². The second kappa shape index (κ2) is 9.94. The Morgan fingerprint density at radius 3 is 2.42 bits per heavy atom. The number of fused-ring (bicyclic) bond motifs is 1. The first-order valence-corrected chi connectivity index (χ1v) is 13.2. The molecule has 0 bridgehead atoms. The van der Waals surface area contributed by atoms with Crippen molar-refractivity contribution in [2.45, 2.75) is 10.9 Å². The van der Waals surface area contributed by atoms with Gasteiger partial charge in [-0.1, -0.05) is 48.2 Å². The predicted octanol–water partition coefficient (Wildman–Crippen LogP) is 1.89. The number of nitrogens with zero attached hydrogens (tertiary/aromatic N) is 4. The zero-order chi connectivity index (χ0) is 23.4. The standard InChI is InChI=1S/C22H24N4O5S2/c1-32-22-23-20(18-9-5-6-10-26(18)22)21(28)31-15-19(27)24-11-13-25(14-12-24)33(29,30)16-17-7-3-2-4-8-17/h2-10H,11-16H2,1H3. The highest BCUT2D eigenvalue weighted by Gasteiger charge is 2.29. The monoisotopic (exact) mass is 488 g/mol. The molecule has 1 amide bonds. The van der Waals surface area contributed by atoms with Crippen molar-refractivity contribution in [2.75, 3.05) is 39.0 Å². The lowest BCUT2D eigenvalue weighted by Gasteiger charge is -2.33. The zero-order valence-corrected chi connectivity index (χ0v) is 19.7. The summed E-state index contributed by atoms with van der Waals surface area (Å²) >= 11 is 1.40. The number of thioether (sulfide) groups is 1. The number of benzene rings is 1. The van der Waals surface area contributed by atoms with Gasteiger partial charge >= 0.3 is 5.97 Å². The number of hydrogen-bond acceptors (Lipinski definition) is 7. The van der Waals surface area contributed by atoms with Crippen LogP contribution in [-0.2, 0) is 25.3 Å². The maximum absolute atomic E-state index is 12.7. The molecule has 0 saturated carbocycles. The number of piperazine rings is 1. The van der Waals surface area contributed by atoms with Gasteiger partial charge in [0.15, 0.2) is 17.5 Å². The van der Waals surface area contributed by atoms with Crippen molar-refractivity contribution in [1.82, 2.24) is 18.6 Å². The molecule has 1 saturated heterocycles. The second-order valence-corrected chi connectivity index (χ2v) is 10.2. The minimum Gasteiger partial charge on any atom is -0.451 e. The number of aromatic nitrogens is 2.